The highest BCUT2D eigenvalue weighted by atomic mass is 32.2. The number of aliphatic carboxylic acids is 2. The molecule has 0 bridgehead atoms. The van der Waals surface area contributed by atoms with E-state index < -0.39 is 36.5 Å². The molecule has 0 saturated carbocycles. The van der Waals surface area contributed by atoms with Gasteiger partial charge in [-0.05, 0) is 25.7 Å². The van der Waals surface area contributed by atoms with E-state index in [1.54, 1.807) is 6.08 Å². The number of carbonyl (C=O) groups excluding carboxylic acids is 1. The summed E-state index contributed by atoms with van der Waals surface area (Å²) in [6.45, 7) is 1.71. The third kappa shape index (κ3) is 19.4. The van der Waals surface area contributed by atoms with E-state index in [0.717, 1.165) is 6.42 Å². The van der Waals surface area contributed by atoms with Crippen LogP contribution in [0, 0.1) is 0 Å². The van der Waals surface area contributed by atoms with Crippen LogP contribution >= 0.6 is 11.8 Å². The topological polar surface area (TPSA) is 150 Å². The first-order chi connectivity index (χ1) is 16.3. The zero-order valence-corrected chi connectivity index (χ0v) is 21.0. The maximum absolute atomic E-state index is 11.9. The van der Waals surface area contributed by atoms with Crippen LogP contribution in [0.4, 0.5) is 0 Å². The predicted molar refractivity (Wildman–Crippen MR) is 138 cm³/mol. The van der Waals surface area contributed by atoms with E-state index in [-0.39, 0.29) is 17.4 Å². The summed E-state index contributed by atoms with van der Waals surface area (Å²) < 4.78 is 0. The lowest BCUT2D eigenvalue weighted by Crippen LogP contribution is -2.44. The van der Waals surface area contributed by atoms with Crippen LogP contribution in [-0.2, 0) is 14.4 Å². The molecule has 9 heteroatoms. The van der Waals surface area contributed by atoms with Crippen LogP contribution in [-0.4, -0.2) is 62.9 Å². The van der Waals surface area contributed by atoms with E-state index in [2.05, 4.69) is 18.3 Å². The van der Waals surface area contributed by atoms with Crippen LogP contribution in [0.2, 0.25) is 0 Å². The number of aliphatic hydroxyl groups excluding tert-OH is 1. The summed E-state index contributed by atoms with van der Waals surface area (Å²) >= 11 is 1.27. The maximum Gasteiger partial charge on any atom is 0.322 e. The molecule has 0 unspecified atom stereocenters. The molecule has 6 N–H and O–H groups in total. The molecule has 0 aromatic carbocycles. The van der Waals surface area contributed by atoms with E-state index in [4.69, 9.17) is 15.9 Å². The van der Waals surface area contributed by atoms with Crippen LogP contribution in [0.25, 0.3) is 0 Å². The molecule has 3 atom stereocenters. The highest BCUT2D eigenvalue weighted by molar-refractivity contribution is 8.00. The van der Waals surface area contributed by atoms with Crippen molar-refractivity contribution >= 4 is 29.6 Å². The first-order valence-corrected chi connectivity index (χ1v) is 13.1. The molecule has 0 aromatic heterocycles. The van der Waals surface area contributed by atoms with Crippen molar-refractivity contribution in [1.29, 1.82) is 0 Å². The lowest BCUT2D eigenvalue weighted by atomic mass is 10.1. The van der Waals surface area contributed by atoms with Gasteiger partial charge in [0, 0.05) is 17.4 Å². The van der Waals surface area contributed by atoms with Crippen LogP contribution in [0.1, 0.15) is 71.1 Å². The average Bonchev–Trinajstić information content (AvgIpc) is 2.79. The van der Waals surface area contributed by atoms with E-state index in [1.807, 2.05) is 24.3 Å². The van der Waals surface area contributed by atoms with Gasteiger partial charge in [0.15, 0.2) is 0 Å². The van der Waals surface area contributed by atoms with Crippen molar-refractivity contribution in [2.45, 2.75) is 88.5 Å². The molecule has 0 aliphatic heterocycles. The molecule has 8 nitrogen and oxygen atoms in total. The summed E-state index contributed by atoms with van der Waals surface area (Å²) in [5, 5.41) is 29.8. The summed E-state index contributed by atoms with van der Waals surface area (Å²) in [5.41, 5.74) is 5.83. The first-order valence-electron chi connectivity index (χ1n) is 12.0. The molecular weight excluding hydrogens is 456 g/mol. The number of rotatable bonds is 21. The average molecular weight is 499 g/mol. The number of hydrogen-bond donors (Lipinski definition) is 5. The molecule has 0 fully saturated rings. The molecule has 34 heavy (non-hydrogen) atoms. The molecule has 0 radical (unpaired) electrons. The van der Waals surface area contributed by atoms with Crippen molar-refractivity contribution < 1.29 is 29.7 Å². The minimum absolute atomic E-state index is 0.0292. The zero-order valence-electron chi connectivity index (χ0n) is 20.2. The molecular formula is C25H42N2O6S. The number of carboxylic acid groups (broad SMARTS) is 2. The number of unbranched alkanes of at least 4 members (excludes halogenated alkanes) is 6. The quantitative estimate of drug-likeness (QED) is 0.119. The Hall–Kier alpha value is -2.10. The summed E-state index contributed by atoms with van der Waals surface area (Å²) in [6, 6.07) is -0.924. The Balaban J connectivity index is 4.62. The molecule has 0 aromatic rings. The summed E-state index contributed by atoms with van der Waals surface area (Å²) in [7, 11) is 0. The Morgan fingerprint density at radius 2 is 1.62 bits per heavy atom. The minimum Gasteiger partial charge on any atom is -0.481 e. The van der Waals surface area contributed by atoms with E-state index in [9.17, 15) is 19.5 Å². The van der Waals surface area contributed by atoms with Gasteiger partial charge in [0.25, 0.3) is 0 Å². The lowest BCUT2D eigenvalue weighted by Gasteiger charge is -2.21. The fourth-order valence-corrected chi connectivity index (χ4v) is 4.17. The van der Waals surface area contributed by atoms with Crippen molar-refractivity contribution in [3.63, 3.8) is 0 Å². The Morgan fingerprint density at radius 1 is 0.941 bits per heavy atom. The van der Waals surface area contributed by atoms with Crippen LogP contribution in [0.15, 0.2) is 36.5 Å². The van der Waals surface area contributed by atoms with Gasteiger partial charge in [0.05, 0.1) is 12.1 Å². The molecule has 0 spiro atoms. The molecule has 1 amide bonds. The smallest absolute Gasteiger partial charge is 0.322 e. The number of nitrogens with one attached hydrogen (secondary N) is 1. The molecule has 0 heterocycles. The van der Waals surface area contributed by atoms with Crippen LogP contribution in [0.5, 0.6) is 0 Å². The standard InChI is InChI=1S/C25H42N2O6S/c1-2-3-4-5-6-7-8-9-10-11-12-13-16-22(21(28)15-14-17-23(29)30)34-19-20(26)25(33)27-18-24(31)32/h9-13,16,20-22,28H,2-8,14-15,17-19,26H2,1H3,(H,27,33)(H,29,30)(H,31,32)/b10-9+,12-11+,16-13+/t20-,21-,22+/m0/s1. The summed E-state index contributed by atoms with van der Waals surface area (Å²) in [5.74, 6) is -2.47. The number of nitrogens with two attached hydrogens (primary N) is 1. The SMILES string of the molecule is CCCCCCCC/C=C/C=C/C=C/[C@@H](SC[C@H](N)C(=O)NCC(=O)O)[C@@H](O)CCCC(=O)O. The highest BCUT2D eigenvalue weighted by Crippen LogP contribution is 2.21. The van der Waals surface area contributed by atoms with Crippen molar-refractivity contribution in [1.82, 2.24) is 5.32 Å². The van der Waals surface area contributed by atoms with Gasteiger partial charge in [0.1, 0.15) is 6.54 Å². The lowest BCUT2D eigenvalue weighted by molar-refractivity contribution is -0.138. The summed E-state index contributed by atoms with van der Waals surface area (Å²) in [6.07, 6.45) is 20.0. The molecule has 194 valence electrons. The minimum atomic E-state index is -1.16. The monoisotopic (exact) mass is 498 g/mol. The van der Waals surface area contributed by atoms with Gasteiger partial charge in [-0.2, -0.15) is 0 Å². The highest BCUT2D eigenvalue weighted by Gasteiger charge is 2.21. The van der Waals surface area contributed by atoms with Gasteiger partial charge in [-0.1, -0.05) is 75.5 Å². The molecule has 0 saturated heterocycles. The second-order valence-electron chi connectivity index (χ2n) is 8.12. The number of hydrogen-bond acceptors (Lipinski definition) is 6. The second-order valence-corrected chi connectivity index (χ2v) is 9.33. The molecule has 0 aliphatic rings. The van der Waals surface area contributed by atoms with Crippen molar-refractivity contribution in [3.8, 4) is 0 Å². The van der Waals surface area contributed by atoms with Gasteiger partial charge < -0.3 is 26.4 Å². The fourth-order valence-electron chi connectivity index (χ4n) is 3.03. The fraction of sp³-hybridized carbons (Fsp3) is 0.640. The number of thioether (sulfide) groups is 1. The molecule has 0 rings (SSSR count). The number of amides is 1. The zero-order chi connectivity index (χ0) is 25.6. The Bertz CT molecular complexity index is 666. The van der Waals surface area contributed by atoms with Crippen molar-refractivity contribution in [2.24, 2.45) is 5.73 Å². The predicted octanol–water partition coefficient (Wildman–Crippen LogP) is 3.65. The van der Waals surface area contributed by atoms with Gasteiger partial charge in [-0.15, -0.1) is 11.8 Å². The number of aliphatic hydroxyl groups is 1. The van der Waals surface area contributed by atoms with E-state index in [1.165, 1.54) is 50.3 Å². The van der Waals surface area contributed by atoms with Gasteiger partial charge in [-0.3, -0.25) is 14.4 Å². The summed E-state index contributed by atoms with van der Waals surface area (Å²) in [4.78, 5) is 33.2. The third-order valence-corrected chi connectivity index (χ3v) is 6.39. The van der Waals surface area contributed by atoms with Crippen LogP contribution in [0.3, 0.4) is 0 Å². The number of carbonyl (C=O) groups is 3. The normalized spacial score (nSPS) is 14.6. The largest absolute Gasteiger partial charge is 0.481 e. The van der Waals surface area contributed by atoms with E-state index in [0.29, 0.717) is 12.8 Å². The van der Waals surface area contributed by atoms with Crippen LogP contribution < -0.4 is 11.1 Å². The maximum atomic E-state index is 11.9. The van der Waals surface area contributed by atoms with Crippen molar-refractivity contribution in [2.75, 3.05) is 12.3 Å². The Morgan fingerprint density at radius 3 is 2.29 bits per heavy atom. The van der Waals surface area contributed by atoms with Gasteiger partial charge >= 0.3 is 11.9 Å². The number of allylic oxidation sites excluding steroid dienone is 5. The first kappa shape index (κ1) is 31.9. The van der Waals surface area contributed by atoms with Gasteiger partial charge in [0.2, 0.25) is 5.91 Å². The molecule has 0 aliphatic carbocycles. The Kier molecular flexibility index (Phi) is 20.1. The second kappa shape index (κ2) is 21.4. The van der Waals surface area contributed by atoms with Crippen molar-refractivity contribution in [3.05, 3.63) is 36.5 Å². The van der Waals surface area contributed by atoms with Gasteiger partial charge in [-0.25, -0.2) is 0 Å². The Labute approximate surface area is 207 Å². The third-order valence-electron chi connectivity index (χ3n) is 4.98. The number of carboxylic acids is 2. The van der Waals surface area contributed by atoms with E-state index >= 15 is 0 Å².